The first kappa shape index (κ1) is 15.5. The molecule has 1 fully saturated rings. The summed E-state index contributed by atoms with van der Waals surface area (Å²) in [6, 6.07) is 5.28. The summed E-state index contributed by atoms with van der Waals surface area (Å²) in [5.41, 5.74) is 6.52. The van der Waals surface area contributed by atoms with Gasteiger partial charge in [0.25, 0.3) is 0 Å². The second-order valence-corrected chi connectivity index (χ2v) is 6.27. The number of carbonyl (C=O) groups is 1. The molecule has 3 nitrogen and oxygen atoms in total. The van der Waals surface area contributed by atoms with E-state index >= 15 is 0 Å². The van der Waals surface area contributed by atoms with Crippen molar-refractivity contribution >= 4 is 46.3 Å². The Kier molecular flexibility index (Phi) is 5.24. The van der Waals surface area contributed by atoms with Crippen molar-refractivity contribution in [3.63, 3.8) is 0 Å². The summed E-state index contributed by atoms with van der Waals surface area (Å²) >= 11 is 16.8. The molecule has 20 heavy (non-hydrogen) atoms. The first-order valence-electron chi connectivity index (χ1n) is 6.48. The molecule has 0 aliphatic carbocycles. The molecular weight excluding hydrogens is 315 g/mol. The number of hydrogen-bond acceptors (Lipinski definition) is 2. The van der Waals surface area contributed by atoms with E-state index in [4.69, 9.17) is 41.2 Å². The minimum absolute atomic E-state index is 0.102. The fraction of sp³-hybridized carbons (Fsp3) is 0.429. The lowest BCUT2D eigenvalue weighted by atomic mass is 9.96. The van der Waals surface area contributed by atoms with E-state index in [0.717, 1.165) is 18.4 Å². The van der Waals surface area contributed by atoms with Gasteiger partial charge in [0.15, 0.2) is 0 Å². The fourth-order valence-corrected chi connectivity index (χ4v) is 2.91. The minimum Gasteiger partial charge on any atom is -0.393 e. The number of carbonyl (C=O) groups excluding carboxylic acids is 1. The van der Waals surface area contributed by atoms with Crippen molar-refractivity contribution in [2.45, 2.75) is 19.3 Å². The Morgan fingerprint density at radius 2 is 1.95 bits per heavy atom. The number of halogens is 2. The summed E-state index contributed by atoms with van der Waals surface area (Å²) in [5, 5.41) is 0.976. The van der Waals surface area contributed by atoms with Crippen molar-refractivity contribution in [2.24, 2.45) is 11.7 Å². The van der Waals surface area contributed by atoms with Crippen molar-refractivity contribution in [1.29, 1.82) is 0 Å². The molecule has 0 atom stereocenters. The number of hydrogen-bond donors (Lipinski definition) is 1. The molecule has 1 amide bonds. The van der Waals surface area contributed by atoms with Gasteiger partial charge in [-0.05, 0) is 30.5 Å². The van der Waals surface area contributed by atoms with Crippen molar-refractivity contribution in [2.75, 3.05) is 13.1 Å². The van der Waals surface area contributed by atoms with E-state index in [1.54, 1.807) is 12.1 Å². The first-order valence-corrected chi connectivity index (χ1v) is 7.65. The van der Waals surface area contributed by atoms with Gasteiger partial charge in [0.05, 0.1) is 21.5 Å². The van der Waals surface area contributed by atoms with Crippen LogP contribution in [0.2, 0.25) is 10.0 Å². The summed E-state index contributed by atoms with van der Waals surface area (Å²) in [4.78, 5) is 14.6. The van der Waals surface area contributed by atoms with Gasteiger partial charge < -0.3 is 10.6 Å². The standard InChI is InChI=1S/C14H16Cl2N2OS/c15-11-2-1-9(7-12(11)16)8-13(19)18-5-3-10(4-6-18)14(17)20/h1-2,7,10H,3-6,8H2,(H2,17,20). The monoisotopic (exact) mass is 330 g/mol. The molecule has 108 valence electrons. The van der Waals surface area contributed by atoms with Crippen LogP contribution in [0.25, 0.3) is 0 Å². The number of amides is 1. The van der Waals surface area contributed by atoms with Gasteiger partial charge in [0, 0.05) is 19.0 Å². The first-order chi connectivity index (χ1) is 9.47. The lowest BCUT2D eigenvalue weighted by molar-refractivity contribution is -0.131. The fourth-order valence-electron chi connectivity index (χ4n) is 2.35. The lowest BCUT2D eigenvalue weighted by Crippen LogP contribution is -2.41. The molecule has 0 unspecified atom stereocenters. The summed E-state index contributed by atoms with van der Waals surface area (Å²) in [5.74, 6) is 0.365. The lowest BCUT2D eigenvalue weighted by Gasteiger charge is -2.31. The van der Waals surface area contributed by atoms with E-state index in [1.807, 2.05) is 11.0 Å². The van der Waals surface area contributed by atoms with Gasteiger partial charge in [-0.1, -0.05) is 41.5 Å². The Hall–Kier alpha value is -0.840. The summed E-state index contributed by atoms with van der Waals surface area (Å²) < 4.78 is 0. The van der Waals surface area contributed by atoms with Gasteiger partial charge in [-0.15, -0.1) is 0 Å². The van der Waals surface area contributed by atoms with Gasteiger partial charge in [0.2, 0.25) is 5.91 Å². The predicted octanol–water partition coefficient (Wildman–Crippen LogP) is 3.06. The molecule has 1 aliphatic rings. The third kappa shape index (κ3) is 3.84. The zero-order valence-electron chi connectivity index (χ0n) is 10.9. The molecule has 1 heterocycles. The van der Waals surface area contributed by atoms with Gasteiger partial charge in [-0.2, -0.15) is 0 Å². The highest BCUT2D eigenvalue weighted by molar-refractivity contribution is 7.80. The average molecular weight is 331 g/mol. The summed E-state index contributed by atoms with van der Waals surface area (Å²) in [6.07, 6.45) is 2.04. The van der Waals surface area contributed by atoms with Crippen LogP contribution in [-0.2, 0) is 11.2 Å². The Morgan fingerprint density at radius 1 is 1.30 bits per heavy atom. The third-order valence-corrected chi connectivity index (χ3v) is 4.66. The molecule has 0 spiro atoms. The molecule has 6 heteroatoms. The number of nitrogens with two attached hydrogens (primary N) is 1. The quantitative estimate of drug-likeness (QED) is 0.866. The number of likely N-dealkylation sites (tertiary alicyclic amines) is 1. The number of nitrogens with zero attached hydrogens (tertiary/aromatic N) is 1. The normalized spacial score (nSPS) is 16.2. The molecule has 0 aromatic heterocycles. The van der Waals surface area contributed by atoms with Crippen LogP contribution in [0.15, 0.2) is 18.2 Å². The molecule has 1 saturated heterocycles. The number of thiocarbonyl (C=S) groups is 1. The topological polar surface area (TPSA) is 46.3 Å². The zero-order chi connectivity index (χ0) is 14.7. The van der Waals surface area contributed by atoms with E-state index in [0.29, 0.717) is 34.5 Å². The van der Waals surface area contributed by atoms with Crippen molar-refractivity contribution in [3.05, 3.63) is 33.8 Å². The average Bonchev–Trinajstić information content (AvgIpc) is 2.43. The Labute approximate surface area is 134 Å². The Morgan fingerprint density at radius 3 is 2.50 bits per heavy atom. The number of piperidine rings is 1. The minimum atomic E-state index is 0.102. The highest BCUT2D eigenvalue weighted by atomic mass is 35.5. The second-order valence-electron chi connectivity index (χ2n) is 4.98. The summed E-state index contributed by atoms with van der Waals surface area (Å²) in [7, 11) is 0. The highest BCUT2D eigenvalue weighted by Crippen LogP contribution is 2.23. The van der Waals surface area contributed by atoms with Gasteiger partial charge in [-0.25, -0.2) is 0 Å². The maximum absolute atomic E-state index is 12.2. The van der Waals surface area contributed by atoms with E-state index < -0.39 is 0 Å². The third-order valence-electron chi connectivity index (χ3n) is 3.59. The summed E-state index contributed by atoms with van der Waals surface area (Å²) in [6.45, 7) is 1.42. The molecule has 2 rings (SSSR count). The van der Waals surface area contributed by atoms with Gasteiger partial charge in [-0.3, -0.25) is 4.79 Å². The second kappa shape index (κ2) is 6.74. The van der Waals surface area contributed by atoms with Crippen LogP contribution in [0.1, 0.15) is 18.4 Å². The van der Waals surface area contributed by atoms with E-state index in [2.05, 4.69) is 0 Å². The number of benzene rings is 1. The molecule has 0 radical (unpaired) electrons. The highest BCUT2D eigenvalue weighted by Gasteiger charge is 2.24. The SMILES string of the molecule is NC(=S)C1CCN(C(=O)Cc2ccc(Cl)c(Cl)c2)CC1. The van der Waals surface area contributed by atoms with Crippen LogP contribution in [0.5, 0.6) is 0 Å². The molecule has 2 N–H and O–H groups in total. The smallest absolute Gasteiger partial charge is 0.226 e. The predicted molar refractivity (Wildman–Crippen MR) is 86.3 cm³/mol. The zero-order valence-corrected chi connectivity index (χ0v) is 13.3. The van der Waals surface area contributed by atoms with Crippen molar-refractivity contribution in [3.8, 4) is 0 Å². The molecular formula is C14H16Cl2N2OS. The maximum atomic E-state index is 12.2. The Balaban J connectivity index is 1.92. The molecule has 0 bridgehead atoms. The van der Waals surface area contributed by atoms with Crippen LogP contribution in [0.3, 0.4) is 0 Å². The van der Waals surface area contributed by atoms with E-state index in [-0.39, 0.29) is 11.8 Å². The van der Waals surface area contributed by atoms with Crippen molar-refractivity contribution in [1.82, 2.24) is 4.90 Å². The van der Waals surface area contributed by atoms with Crippen LogP contribution < -0.4 is 5.73 Å². The molecule has 1 aromatic carbocycles. The largest absolute Gasteiger partial charge is 0.393 e. The van der Waals surface area contributed by atoms with Crippen LogP contribution in [-0.4, -0.2) is 28.9 Å². The van der Waals surface area contributed by atoms with Crippen LogP contribution in [0, 0.1) is 5.92 Å². The maximum Gasteiger partial charge on any atom is 0.226 e. The van der Waals surface area contributed by atoms with Gasteiger partial charge >= 0.3 is 0 Å². The van der Waals surface area contributed by atoms with Crippen LogP contribution >= 0.6 is 35.4 Å². The van der Waals surface area contributed by atoms with Crippen LogP contribution in [0.4, 0.5) is 0 Å². The molecule has 1 aliphatic heterocycles. The molecule has 0 saturated carbocycles. The van der Waals surface area contributed by atoms with Crippen molar-refractivity contribution < 1.29 is 4.79 Å². The Bertz CT molecular complexity index is 528. The van der Waals surface area contributed by atoms with Gasteiger partial charge in [0.1, 0.15) is 0 Å². The van der Waals surface area contributed by atoms with E-state index in [9.17, 15) is 4.79 Å². The van der Waals surface area contributed by atoms with E-state index in [1.165, 1.54) is 0 Å². The number of rotatable bonds is 3. The molecule has 1 aromatic rings.